The molecule has 0 radical (unpaired) electrons. The molecule has 0 aliphatic carbocycles. The van der Waals surface area contributed by atoms with Crippen molar-refractivity contribution in [2.24, 2.45) is 0 Å². The molecule has 5 rings (SSSR count). The van der Waals surface area contributed by atoms with Gasteiger partial charge in [0.2, 0.25) is 11.9 Å². The lowest BCUT2D eigenvalue weighted by Crippen LogP contribution is -2.51. The number of carbonyl (C=O) groups excluding carboxylic acids is 1. The van der Waals surface area contributed by atoms with Crippen LogP contribution in [0.2, 0.25) is 0 Å². The summed E-state index contributed by atoms with van der Waals surface area (Å²) in [6.45, 7) is 4.32. The van der Waals surface area contributed by atoms with Crippen molar-refractivity contribution in [2.75, 3.05) is 44.2 Å². The van der Waals surface area contributed by atoms with Gasteiger partial charge in [-0.2, -0.15) is 0 Å². The van der Waals surface area contributed by atoms with Crippen molar-refractivity contribution in [3.05, 3.63) is 66.3 Å². The molecule has 1 N–H and O–H groups in total. The molecule has 3 aromatic rings. The Morgan fingerprint density at radius 3 is 2.63 bits per heavy atom. The van der Waals surface area contributed by atoms with Gasteiger partial charge in [0, 0.05) is 69.6 Å². The molecule has 1 fully saturated rings. The Bertz CT molecular complexity index is 985. The van der Waals surface area contributed by atoms with Gasteiger partial charge >= 0.3 is 0 Å². The SMILES string of the molecule is O=C(CN1CCN(c2ncccn2)CC1)N1CCc2[nH]cnc2C1c1cccnc1. The number of piperazine rings is 1. The van der Waals surface area contributed by atoms with E-state index in [0.29, 0.717) is 13.1 Å². The largest absolute Gasteiger partial charge is 0.348 e. The molecule has 2 aliphatic rings. The van der Waals surface area contributed by atoms with Crippen LogP contribution in [0.1, 0.15) is 23.0 Å². The van der Waals surface area contributed by atoms with Crippen molar-refractivity contribution in [3.8, 4) is 0 Å². The normalized spacial score (nSPS) is 19.5. The molecule has 0 aromatic carbocycles. The highest BCUT2D eigenvalue weighted by molar-refractivity contribution is 5.79. The maximum Gasteiger partial charge on any atom is 0.237 e. The number of nitrogens with one attached hydrogen (secondary N) is 1. The van der Waals surface area contributed by atoms with Gasteiger partial charge in [0.1, 0.15) is 6.04 Å². The molecule has 30 heavy (non-hydrogen) atoms. The summed E-state index contributed by atoms with van der Waals surface area (Å²) < 4.78 is 0. The zero-order chi connectivity index (χ0) is 20.3. The van der Waals surface area contributed by atoms with E-state index >= 15 is 0 Å². The monoisotopic (exact) mass is 404 g/mol. The predicted molar refractivity (Wildman–Crippen MR) is 111 cm³/mol. The molecule has 154 valence electrons. The summed E-state index contributed by atoms with van der Waals surface area (Å²) in [5.41, 5.74) is 3.02. The third-order valence-electron chi connectivity index (χ3n) is 5.81. The van der Waals surface area contributed by atoms with Gasteiger partial charge in [0.25, 0.3) is 0 Å². The average Bonchev–Trinajstić information content (AvgIpc) is 3.29. The van der Waals surface area contributed by atoms with Crippen molar-refractivity contribution >= 4 is 11.9 Å². The van der Waals surface area contributed by atoms with Gasteiger partial charge < -0.3 is 14.8 Å². The number of pyridine rings is 1. The first-order chi connectivity index (χ1) is 14.8. The first-order valence-electron chi connectivity index (χ1n) is 10.3. The standard InChI is InChI=1S/C21H24N8O/c30-18(14-27-9-11-28(12-10-27)21-23-6-2-7-24-21)29-8-4-17-19(26-15-25-17)20(29)16-3-1-5-22-13-16/h1-3,5-7,13,15,20H,4,8-12,14H2,(H,25,26). The predicted octanol–water partition coefficient (Wildman–Crippen LogP) is 0.891. The van der Waals surface area contributed by atoms with Gasteiger partial charge in [-0.1, -0.05) is 6.07 Å². The van der Waals surface area contributed by atoms with E-state index in [1.54, 1.807) is 24.9 Å². The van der Waals surface area contributed by atoms with Crippen LogP contribution in [0.25, 0.3) is 0 Å². The molecule has 1 amide bonds. The zero-order valence-corrected chi connectivity index (χ0v) is 16.7. The molecule has 1 unspecified atom stereocenters. The number of aromatic nitrogens is 5. The minimum atomic E-state index is -0.194. The Morgan fingerprint density at radius 1 is 1.03 bits per heavy atom. The van der Waals surface area contributed by atoms with E-state index in [9.17, 15) is 4.79 Å². The molecule has 9 nitrogen and oxygen atoms in total. The molecule has 3 aromatic heterocycles. The molecule has 0 spiro atoms. The fourth-order valence-corrected chi connectivity index (χ4v) is 4.26. The van der Waals surface area contributed by atoms with E-state index in [4.69, 9.17) is 0 Å². The van der Waals surface area contributed by atoms with E-state index in [1.807, 2.05) is 29.3 Å². The smallest absolute Gasteiger partial charge is 0.237 e. The van der Waals surface area contributed by atoms with Crippen molar-refractivity contribution in [3.63, 3.8) is 0 Å². The Hall–Kier alpha value is -3.33. The second-order valence-corrected chi connectivity index (χ2v) is 7.60. The lowest BCUT2D eigenvalue weighted by Gasteiger charge is -2.38. The van der Waals surface area contributed by atoms with Gasteiger partial charge in [-0.3, -0.25) is 14.7 Å². The summed E-state index contributed by atoms with van der Waals surface area (Å²) in [5.74, 6) is 0.879. The zero-order valence-electron chi connectivity index (χ0n) is 16.7. The van der Waals surface area contributed by atoms with Crippen molar-refractivity contribution < 1.29 is 4.79 Å². The Balaban J connectivity index is 1.28. The van der Waals surface area contributed by atoms with Crippen LogP contribution in [0.15, 0.2) is 49.3 Å². The highest BCUT2D eigenvalue weighted by Gasteiger charge is 2.35. The summed E-state index contributed by atoms with van der Waals surface area (Å²) in [5, 5.41) is 0. The van der Waals surface area contributed by atoms with Crippen LogP contribution in [0, 0.1) is 0 Å². The van der Waals surface area contributed by atoms with Crippen LogP contribution < -0.4 is 4.90 Å². The topological polar surface area (TPSA) is 94.1 Å². The molecule has 1 atom stereocenters. The number of amides is 1. The third-order valence-corrected chi connectivity index (χ3v) is 5.81. The van der Waals surface area contributed by atoms with Gasteiger partial charge in [0.15, 0.2) is 0 Å². The van der Waals surface area contributed by atoms with Crippen molar-refractivity contribution in [2.45, 2.75) is 12.5 Å². The molecule has 2 aliphatic heterocycles. The molecule has 0 saturated carbocycles. The minimum absolute atomic E-state index is 0.127. The Labute approximate surface area is 174 Å². The van der Waals surface area contributed by atoms with Gasteiger partial charge in [-0.15, -0.1) is 0 Å². The second-order valence-electron chi connectivity index (χ2n) is 7.60. The summed E-state index contributed by atoms with van der Waals surface area (Å²) in [6, 6.07) is 5.55. The van der Waals surface area contributed by atoms with Crippen LogP contribution in [-0.2, 0) is 11.2 Å². The number of hydrogen-bond acceptors (Lipinski definition) is 7. The number of fused-ring (bicyclic) bond motifs is 1. The number of aromatic amines is 1. The number of anilines is 1. The molecule has 5 heterocycles. The fraction of sp³-hybridized carbons (Fsp3) is 0.381. The Morgan fingerprint density at radius 2 is 1.87 bits per heavy atom. The van der Waals surface area contributed by atoms with E-state index in [-0.39, 0.29) is 11.9 Å². The summed E-state index contributed by atoms with van der Waals surface area (Å²) >= 11 is 0. The van der Waals surface area contributed by atoms with Crippen LogP contribution in [0.3, 0.4) is 0 Å². The molecule has 0 bridgehead atoms. The first-order valence-corrected chi connectivity index (χ1v) is 10.3. The average molecular weight is 404 g/mol. The highest BCUT2D eigenvalue weighted by Crippen LogP contribution is 2.33. The van der Waals surface area contributed by atoms with Gasteiger partial charge in [-0.05, 0) is 17.7 Å². The Kier molecular flexibility index (Phi) is 5.10. The van der Waals surface area contributed by atoms with Crippen LogP contribution >= 0.6 is 0 Å². The number of nitrogens with zero attached hydrogens (tertiary/aromatic N) is 7. The van der Waals surface area contributed by atoms with Gasteiger partial charge in [-0.25, -0.2) is 15.0 Å². The van der Waals surface area contributed by atoms with Crippen LogP contribution in [-0.4, -0.2) is 79.9 Å². The van der Waals surface area contributed by atoms with Crippen molar-refractivity contribution in [1.29, 1.82) is 0 Å². The van der Waals surface area contributed by atoms with Crippen LogP contribution in [0.4, 0.5) is 5.95 Å². The van der Waals surface area contributed by atoms with E-state index in [0.717, 1.165) is 55.5 Å². The molecular formula is C21H24N8O. The summed E-state index contributed by atoms with van der Waals surface area (Å²) in [6.07, 6.45) is 9.60. The number of imidazole rings is 1. The third kappa shape index (κ3) is 3.63. The maximum atomic E-state index is 13.3. The van der Waals surface area contributed by atoms with E-state index < -0.39 is 0 Å². The van der Waals surface area contributed by atoms with E-state index in [2.05, 4.69) is 34.7 Å². The maximum absolute atomic E-state index is 13.3. The molecule has 9 heteroatoms. The molecule has 1 saturated heterocycles. The summed E-state index contributed by atoms with van der Waals surface area (Å²) in [4.78, 5) is 40.3. The number of H-pyrrole nitrogens is 1. The van der Waals surface area contributed by atoms with Crippen LogP contribution in [0.5, 0.6) is 0 Å². The summed E-state index contributed by atoms with van der Waals surface area (Å²) in [7, 11) is 0. The quantitative estimate of drug-likeness (QED) is 0.690. The first kappa shape index (κ1) is 18.7. The minimum Gasteiger partial charge on any atom is -0.348 e. The number of hydrogen-bond donors (Lipinski definition) is 1. The van der Waals surface area contributed by atoms with E-state index in [1.165, 1.54) is 0 Å². The fourth-order valence-electron chi connectivity index (χ4n) is 4.26. The molecular weight excluding hydrogens is 380 g/mol. The number of carbonyl (C=O) groups is 1. The lowest BCUT2D eigenvalue weighted by atomic mass is 9.96. The van der Waals surface area contributed by atoms with Gasteiger partial charge in [0.05, 0.1) is 18.6 Å². The van der Waals surface area contributed by atoms with Crippen molar-refractivity contribution in [1.82, 2.24) is 34.7 Å². The second kappa shape index (κ2) is 8.19. The number of rotatable bonds is 4. The highest BCUT2D eigenvalue weighted by atomic mass is 16.2. The lowest BCUT2D eigenvalue weighted by molar-refractivity contribution is -0.134.